The number of ether oxygens (including phenoxy) is 2. The standard InChI is InChI=1S/C37H39F3N4O5S/c1-5-6-31-26-43(21-22-44(31)30-13-11-29(12-14-30)36(2,45)37(38,39)40)50(46,47)34-19-20-35(41-23-34)42(24-27-7-15-32(48-3)16-8-27)25-28-9-17-33(49-4)18-10-28/h7-20,23,31,45H,21-22,24-26H2,1-4H3/t31?,36-/m1/s1/i1D3. The molecule has 0 radical (unpaired) electrons. The van der Waals surface area contributed by atoms with Crippen LogP contribution in [-0.4, -0.2) is 68.9 Å². The number of aromatic nitrogens is 1. The summed E-state index contributed by atoms with van der Waals surface area (Å²) in [4.78, 5) is 8.11. The molecule has 1 fully saturated rings. The lowest BCUT2D eigenvalue weighted by atomic mass is 9.95. The van der Waals surface area contributed by atoms with Crippen molar-refractivity contribution in [2.24, 2.45) is 0 Å². The van der Waals surface area contributed by atoms with Crippen molar-refractivity contribution in [2.75, 3.05) is 43.7 Å². The highest BCUT2D eigenvalue weighted by molar-refractivity contribution is 7.89. The molecule has 1 unspecified atom stereocenters. The zero-order valence-corrected chi connectivity index (χ0v) is 28.5. The Balaban J connectivity index is 1.39. The Morgan fingerprint density at radius 3 is 1.98 bits per heavy atom. The number of hydrogen-bond acceptors (Lipinski definition) is 8. The van der Waals surface area contributed by atoms with E-state index < -0.39 is 34.7 Å². The van der Waals surface area contributed by atoms with E-state index in [4.69, 9.17) is 13.6 Å². The molecule has 2 atom stereocenters. The number of nitrogens with zero attached hydrogens (tertiary/aromatic N) is 4. The van der Waals surface area contributed by atoms with Crippen molar-refractivity contribution >= 4 is 21.5 Å². The maximum atomic E-state index is 13.9. The van der Waals surface area contributed by atoms with Crippen molar-refractivity contribution in [3.05, 3.63) is 108 Å². The first-order valence-corrected chi connectivity index (χ1v) is 17.0. The molecule has 0 saturated carbocycles. The lowest BCUT2D eigenvalue weighted by Gasteiger charge is -2.40. The van der Waals surface area contributed by atoms with E-state index in [1.165, 1.54) is 28.7 Å². The fourth-order valence-electron chi connectivity index (χ4n) is 5.61. The monoisotopic (exact) mass is 711 g/mol. The molecule has 1 saturated heterocycles. The molecule has 1 aromatic heterocycles. The molecule has 1 N–H and O–H groups in total. The van der Waals surface area contributed by atoms with Gasteiger partial charge >= 0.3 is 6.18 Å². The summed E-state index contributed by atoms with van der Waals surface area (Å²) < 4.78 is 103. The van der Waals surface area contributed by atoms with Crippen LogP contribution in [0.3, 0.4) is 0 Å². The molecule has 0 spiro atoms. The lowest BCUT2D eigenvalue weighted by molar-refractivity contribution is -0.258. The van der Waals surface area contributed by atoms with E-state index >= 15 is 0 Å². The highest BCUT2D eigenvalue weighted by Crippen LogP contribution is 2.39. The minimum atomic E-state index is -4.92. The average molecular weight is 712 g/mol. The van der Waals surface area contributed by atoms with Gasteiger partial charge in [0, 0.05) is 48.7 Å². The predicted octanol–water partition coefficient (Wildman–Crippen LogP) is 5.98. The van der Waals surface area contributed by atoms with Gasteiger partial charge < -0.3 is 24.4 Å². The van der Waals surface area contributed by atoms with Crippen LogP contribution in [0.15, 0.2) is 96.0 Å². The number of piperazine rings is 1. The van der Waals surface area contributed by atoms with Crippen molar-refractivity contribution in [3.63, 3.8) is 0 Å². The molecule has 4 aromatic rings. The topological polar surface area (TPSA) is 95.4 Å². The minimum Gasteiger partial charge on any atom is -0.497 e. The third-order valence-electron chi connectivity index (χ3n) is 8.64. The number of aliphatic hydroxyl groups is 1. The fourth-order valence-corrected chi connectivity index (χ4v) is 7.00. The van der Waals surface area contributed by atoms with Gasteiger partial charge in [0.15, 0.2) is 5.60 Å². The highest BCUT2D eigenvalue weighted by atomic mass is 32.2. The summed E-state index contributed by atoms with van der Waals surface area (Å²) in [5.74, 6) is 6.80. The van der Waals surface area contributed by atoms with Gasteiger partial charge in [0.2, 0.25) is 10.0 Å². The van der Waals surface area contributed by atoms with Gasteiger partial charge in [-0.1, -0.05) is 42.3 Å². The van der Waals surface area contributed by atoms with Crippen LogP contribution in [0.2, 0.25) is 0 Å². The van der Waals surface area contributed by atoms with Gasteiger partial charge in [-0.3, -0.25) is 0 Å². The molecule has 264 valence electrons. The molecule has 0 aliphatic carbocycles. The van der Waals surface area contributed by atoms with Gasteiger partial charge in [-0.05, 0) is 79.0 Å². The van der Waals surface area contributed by atoms with Crippen LogP contribution in [0.4, 0.5) is 24.7 Å². The summed E-state index contributed by atoms with van der Waals surface area (Å²) in [7, 11) is -0.964. The van der Waals surface area contributed by atoms with Gasteiger partial charge in [-0.2, -0.15) is 17.5 Å². The Kier molecular flexibility index (Phi) is 9.73. The van der Waals surface area contributed by atoms with Gasteiger partial charge in [0.05, 0.1) is 14.2 Å². The molecule has 0 amide bonds. The Morgan fingerprint density at radius 2 is 1.50 bits per heavy atom. The Bertz CT molecular complexity index is 1970. The smallest absolute Gasteiger partial charge is 0.421 e. The molecule has 9 nitrogen and oxygen atoms in total. The third-order valence-corrected chi connectivity index (χ3v) is 10.5. The lowest BCUT2D eigenvalue weighted by Crippen LogP contribution is -2.54. The predicted molar refractivity (Wildman–Crippen MR) is 186 cm³/mol. The van der Waals surface area contributed by atoms with Crippen LogP contribution >= 0.6 is 0 Å². The second-order valence-corrected chi connectivity index (χ2v) is 13.8. The van der Waals surface area contributed by atoms with Crippen molar-refractivity contribution < 1.29 is 40.3 Å². The number of hydrogen-bond donors (Lipinski definition) is 1. The molecule has 50 heavy (non-hydrogen) atoms. The van der Waals surface area contributed by atoms with E-state index in [1.807, 2.05) is 53.4 Å². The number of sulfonamides is 1. The summed E-state index contributed by atoms with van der Waals surface area (Å²) >= 11 is 0. The molecule has 3 aromatic carbocycles. The highest BCUT2D eigenvalue weighted by Gasteiger charge is 2.51. The van der Waals surface area contributed by atoms with Crippen LogP contribution in [0.5, 0.6) is 11.5 Å². The van der Waals surface area contributed by atoms with E-state index in [1.54, 1.807) is 25.2 Å². The number of alkyl halides is 3. The zero-order chi connectivity index (χ0) is 38.6. The van der Waals surface area contributed by atoms with Crippen LogP contribution in [0, 0.1) is 11.8 Å². The van der Waals surface area contributed by atoms with E-state index in [2.05, 4.69) is 16.8 Å². The number of anilines is 2. The Labute approximate surface area is 295 Å². The quantitative estimate of drug-likeness (QED) is 0.190. The molecular formula is C37H39F3N4O5S. The number of benzene rings is 3. The van der Waals surface area contributed by atoms with Crippen LogP contribution in [0.25, 0.3) is 0 Å². The second kappa shape index (κ2) is 15.0. The zero-order valence-electron chi connectivity index (χ0n) is 30.7. The molecule has 5 rings (SSSR count). The number of methoxy groups -OCH3 is 2. The van der Waals surface area contributed by atoms with Gasteiger partial charge in [0.25, 0.3) is 0 Å². The van der Waals surface area contributed by atoms with Crippen LogP contribution in [0.1, 0.15) is 34.6 Å². The third kappa shape index (κ3) is 7.99. The van der Waals surface area contributed by atoms with Crippen molar-refractivity contribution in [3.8, 4) is 23.3 Å². The van der Waals surface area contributed by atoms with Gasteiger partial charge in [-0.15, -0.1) is 5.92 Å². The summed E-state index contributed by atoms with van der Waals surface area (Å²) in [6.07, 6.45) is -3.64. The van der Waals surface area contributed by atoms with Crippen molar-refractivity contribution in [2.45, 2.75) is 49.6 Å². The van der Waals surface area contributed by atoms with Gasteiger partial charge in [-0.25, -0.2) is 13.4 Å². The van der Waals surface area contributed by atoms with Crippen molar-refractivity contribution in [1.82, 2.24) is 9.29 Å². The van der Waals surface area contributed by atoms with Gasteiger partial charge in [0.1, 0.15) is 28.3 Å². The van der Waals surface area contributed by atoms with E-state index in [0.29, 0.717) is 43.0 Å². The van der Waals surface area contributed by atoms with Crippen LogP contribution in [-0.2, 0) is 28.7 Å². The van der Waals surface area contributed by atoms with E-state index in [0.717, 1.165) is 23.3 Å². The summed E-state index contributed by atoms with van der Waals surface area (Å²) in [6.45, 7) is -1.28. The summed E-state index contributed by atoms with van der Waals surface area (Å²) in [5.41, 5.74) is -1.15. The first-order chi connectivity index (χ1) is 24.9. The Morgan fingerprint density at radius 1 is 0.920 bits per heavy atom. The van der Waals surface area contributed by atoms with Crippen molar-refractivity contribution in [1.29, 1.82) is 0 Å². The van der Waals surface area contributed by atoms with E-state index in [9.17, 15) is 26.7 Å². The molecule has 1 aliphatic rings. The number of rotatable bonds is 11. The largest absolute Gasteiger partial charge is 0.497 e. The first-order valence-electron chi connectivity index (χ1n) is 17.1. The summed E-state index contributed by atoms with van der Waals surface area (Å²) in [5, 5.41) is 10.1. The van der Waals surface area contributed by atoms with Crippen LogP contribution < -0.4 is 19.3 Å². The normalized spacial score (nSPS) is 17.7. The van der Waals surface area contributed by atoms with E-state index in [-0.39, 0.29) is 30.1 Å². The molecular weight excluding hydrogens is 669 g/mol. The molecule has 13 heteroatoms. The maximum absolute atomic E-state index is 13.9. The molecule has 1 aliphatic heterocycles. The summed E-state index contributed by atoms with van der Waals surface area (Å²) in [6, 6.07) is 22.3. The Hall–Kier alpha value is -4.77. The molecule has 2 heterocycles. The first kappa shape index (κ1) is 32.4. The fraction of sp³-hybridized carbons (Fsp3) is 0.324. The SMILES string of the molecule is [2H]C([2H])([2H])C#CC1CN(S(=O)(=O)c2ccc(N(Cc3ccc(OC)cc3)Cc3ccc(OC)cc3)nc2)CCN1c1ccc([C@@](C)(O)C(F)(F)F)cc1. The second-order valence-electron chi connectivity index (χ2n) is 11.9. The average Bonchev–Trinajstić information content (AvgIpc) is 3.13. The number of pyridine rings is 1. The minimum absolute atomic E-state index is 0.0287. The maximum Gasteiger partial charge on any atom is 0.421 e. The number of halogens is 3. The molecule has 0 bridgehead atoms.